The van der Waals surface area contributed by atoms with Crippen LogP contribution in [0.1, 0.15) is 24.4 Å². The highest BCUT2D eigenvalue weighted by Crippen LogP contribution is 2.23. The van der Waals surface area contributed by atoms with Crippen LogP contribution in [0, 0.1) is 0 Å². The number of rotatable bonds is 6. The quantitative estimate of drug-likeness (QED) is 0.657. The van der Waals surface area contributed by atoms with Gasteiger partial charge >= 0.3 is 6.03 Å². The summed E-state index contributed by atoms with van der Waals surface area (Å²) in [4.78, 5) is 40.5. The molecule has 8 heteroatoms. The maximum absolute atomic E-state index is 12.7. The Hall–Kier alpha value is -2.45. The molecule has 1 unspecified atom stereocenters. The van der Waals surface area contributed by atoms with E-state index in [0.29, 0.717) is 38.8 Å². The van der Waals surface area contributed by atoms with E-state index in [1.165, 1.54) is 7.05 Å². The Balaban J connectivity index is 1.60. The lowest BCUT2D eigenvalue weighted by molar-refractivity contribution is -0.128. The van der Waals surface area contributed by atoms with Gasteiger partial charge in [-0.15, -0.1) is 0 Å². The molecule has 8 nitrogen and oxygen atoms in total. The van der Waals surface area contributed by atoms with Gasteiger partial charge in [0.25, 0.3) is 0 Å². The SMILES string of the molecule is CNC(=O)NC(=O)C(c1ccccc1)N1CCN(CC(=O)NC2CC2)CC1. The fourth-order valence-electron chi connectivity index (χ4n) is 3.29. The first-order valence-corrected chi connectivity index (χ1v) is 9.40. The maximum Gasteiger partial charge on any atom is 0.321 e. The summed E-state index contributed by atoms with van der Waals surface area (Å²) >= 11 is 0. The summed E-state index contributed by atoms with van der Waals surface area (Å²) < 4.78 is 0. The minimum absolute atomic E-state index is 0.0721. The Labute approximate surface area is 159 Å². The molecule has 1 saturated carbocycles. The van der Waals surface area contributed by atoms with Crippen molar-refractivity contribution in [2.45, 2.75) is 24.9 Å². The predicted octanol–water partition coefficient (Wildman–Crippen LogP) is 0.0795. The second-order valence-electron chi connectivity index (χ2n) is 7.04. The zero-order valence-electron chi connectivity index (χ0n) is 15.6. The van der Waals surface area contributed by atoms with Crippen LogP contribution in [0.25, 0.3) is 0 Å². The van der Waals surface area contributed by atoms with Crippen molar-refractivity contribution in [1.29, 1.82) is 0 Å². The molecule has 1 aliphatic heterocycles. The van der Waals surface area contributed by atoms with Crippen molar-refractivity contribution in [3.05, 3.63) is 35.9 Å². The van der Waals surface area contributed by atoms with Gasteiger partial charge in [-0.3, -0.25) is 24.7 Å². The number of hydrogen-bond acceptors (Lipinski definition) is 5. The van der Waals surface area contributed by atoms with E-state index in [9.17, 15) is 14.4 Å². The number of nitrogens with one attached hydrogen (secondary N) is 3. The normalized spacial score (nSPS) is 19.1. The largest absolute Gasteiger partial charge is 0.352 e. The van der Waals surface area contributed by atoms with Crippen LogP contribution in [0.15, 0.2) is 30.3 Å². The standard InChI is InChI=1S/C19H27N5O3/c1-20-19(27)22-18(26)17(14-5-3-2-4-6-14)24-11-9-23(10-12-24)13-16(25)21-15-7-8-15/h2-6,15,17H,7-13H2,1H3,(H,21,25)(H2,20,22,26,27). The third-order valence-corrected chi connectivity index (χ3v) is 4.91. The van der Waals surface area contributed by atoms with Crippen LogP contribution in [0.5, 0.6) is 0 Å². The molecule has 1 saturated heterocycles. The molecule has 1 aromatic rings. The van der Waals surface area contributed by atoms with Gasteiger partial charge < -0.3 is 10.6 Å². The van der Waals surface area contributed by atoms with Crippen LogP contribution < -0.4 is 16.0 Å². The number of imide groups is 1. The van der Waals surface area contributed by atoms with E-state index in [1.807, 2.05) is 30.3 Å². The third-order valence-electron chi connectivity index (χ3n) is 4.91. The summed E-state index contributed by atoms with van der Waals surface area (Å²) in [6.45, 7) is 3.10. The Morgan fingerprint density at radius 3 is 2.33 bits per heavy atom. The van der Waals surface area contributed by atoms with Gasteiger partial charge in [0.1, 0.15) is 6.04 Å². The Bertz CT molecular complexity index is 669. The molecule has 2 aliphatic rings. The number of benzene rings is 1. The van der Waals surface area contributed by atoms with E-state index in [1.54, 1.807) is 0 Å². The van der Waals surface area contributed by atoms with Gasteiger partial charge in [0, 0.05) is 39.3 Å². The summed E-state index contributed by atoms with van der Waals surface area (Å²) in [7, 11) is 1.48. The second-order valence-corrected chi connectivity index (χ2v) is 7.04. The minimum Gasteiger partial charge on any atom is -0.352 e. The van der Waals surface area contributed by atoms with Crippen LogP contribution in [0.3, 0.4) is 0 Å². The molecule has 0 aromatic heterocycles. The smallest absolute Gasteiger partial charge is 0.321 e. The highest BCUT2D eigenvalue weighted by atomic mass is 16.2. The molecule has 4 amide bonds. The molecular formula is C19H27N5O3. The summed E-state index contributed by atoms with van der Waals surface area (Å²) in [5, 5.41) is 7.81. The number of urea groups is 1. The molecule has 0 radical (unpaired) electrons. The summed E-state index contributed by atoms with van der Waals surface area (Å²) in [5.41, 5.74) is 0.846. The number of amides is 4. The van der Waals surface area contributed by atoms with Gasteiger partial charge in [-0.1, -0.05) is 30.3 Å². The molecule has 146 valence electrons. The second kappa shape index (κ2) is 8.96. The van der Waals surface area contributed by atoms with E-state index in [4.69, 9.17) is 0 Å². The van der Waals surface area contributed by atoms with Crippen molar-refractivity contribution >= 4 is 17.8 Å². The molecule has 1 atom stereocenters. The molecule has 27 heavy (non-hydrogen) atoms. The van der Waals surface area contributed by atoms with Crippen molar-refractivity contribution < 1.29 is 14.4 Å². The zero-order chi connectivity index (χ0) is 19.2. The Morgan fingerprint density at radius 2 is 1.74 bits per heavy atom. The number of piperazine rings is 1. The van der Waals surface area contributed by atoms with Gasteiger partial charge in [-0.2, -0.15) is 0 Å². The molecular weight excluding hydrogens is 346 g/mol. The lowest BCUT2D eigenvalue weighted by Gasteiger charge is -2.38. The molecule has 1 heterocycles. The monoisotopic (exact) mass is 373 g/mol. The first kappa shape index (κ1) is 19.3. The van der Waals surface area contributed by atoms with Gasteiger partial charge in [0.05, 0.1) is 6.54 Å². The highest BCUT2D eigenvalue weighted by molar-refractivity contribution is 5.97. The Kier molecular flexibility index (Phi) is 6.41. The van der Waals surface area contributed by atoms with Gasteiger partial charge in [0.2, 0.25) is 11.8 Å². The fraction of sp³-hybridized carbons (Fsp3) is 0.526. The molecule has 1 aliphatic carbocycles. The zero-order valence-corrected chi connectivity index (χ0v) is 15.6. The topological polar surface area (TPSA) is 93.8 Å². The van der Waals surface area contributed by atoms with Gasteiger partial charge in [-0.25, -0.2) is 4.79 Å². The molecule has 3 N–H and O–H groups in total. The van der Waals surface area contributed by atoms with Crippen molar-refractivity contribution in [3.8, 4) is 0 Å². The first-order chi connectivity index (χ1) is 13.1. The molecule has 3 rings (SSSR count). The van der Waals surface area contributed by atoms with E-state index in [-0.39, 0.29) is 11.8 Å². The van der Waals surface area contributed by atoms with Gasteiger partial charge in [-0.05, 0) is 18.4 Å². The van der Waals surface area contributed by atoms with E-state index < -0.39 is 12.1 Å². The average Bonchev–Trinajstić information content (AvgIpc) is 3.48. The van der Waals surface area contributed by atoms with Crippen molar-refractivity contribution in [3.63, 3.8) is 0 Å². The minimum atomic E-state index is -0.536. The summed E-state index contributed by atoms with van der Waals surface area (Å²) in [6.07, 6.45) is 2.16. The lowest BCUT2D eigenvalue weighted by atomic mass is 10.0. The van der Waals surface area contributed by atoms with Crippen molar-refractivity contribution in [1.82, 2.24) is 25.8 Å². The Morgan fingerprint density at radius 1 is 1.07 bits per heavy atom. The molecule has 0 bridgehead atoms. The average molecular weight is 373 g/mol. The molecule has 1 aromatic carbocycles. The van der Waals surface area contributed by atoms with Crippen LogP contribution in [-0.4, -0.2) is 73.5 Å². The predicted molar refractivity (Wildman–Crippen MR) is 101 cm³/mol. The van der Waals surface area contributed by atoms with Crippen LogP contribution >= 0.6 is 0 Å². The first-order valence-electron chi connectivity index (χ1n) is 9.40. The number of hydrogen-bond donors (Lipinski definition) is 3. The van der Waals surface area contributed by atoms with Crippen LogP contribution in [0.2, 0.25) is 0 Å². The number of carbonyl (C=O) groups is 3. The summed E-state index contributed by atoms with van der Waals surface area (Å²) in [5.74, 6) is -0.275. The molecule has 2 fully saturated rings. The van der Waals surface area contributed by atoms with Crippen LogP contribution in [0.4, 0.5) is 4.79 Å². The number of carbonyl (C=O) groups excluding carboxylic acids is 3. The fourth-order valence-corrected chi connectivity index (χ4v) is 3.29. The summed E-state index contributed by atoms with van der Waals surface area (Å²) in [6, 6.07) is 8.76. The molecule has 0 spiro atoms. The third kappa shape index (κ3) is 5.51. The van der Waals surface area contributed by atoms with Crippen LogP contribution in [-0.2, 0) is 9.59 Å². The van der Waals surface area contributed by atoms with Gasteiger partial charge in [0.15, 0.2) is 0 Å². The van der Waals surface area contributed by atoms with E-state index in [0.717, 1.165) is 18.4 Å². The van der Waals surface area contributed by atoms with E-state index >= 15 is 0 Å². The lowest BCUT2D eigenvalue weighted by Crippen LogP contribution is -2.53. The van der Waals surface area contributed by atoms with Crippen molar-refractivity contribution in [2.24, 2.45) is 0 Å². The van der Waals surface area contributed by atoms with E-state index in [2.05, 4.69) is 25.8 Å². The highest BCUT2D eigenvalue weighted by Gasteiger charge is 2.32. The number of nitrogens with zero attached hydrogens (tertiary/aromatic N) is 2. The maximum atomic E-state index is 12.7. The van der Waals surface area contributed by atoms with Crippen molar-refractivity contribution in [2.75, 3.05) is 39.8 Å².